The van der Waals surface area contributed by atoms with Crippen LogP contribution in [0.2, 0.25) is 5.02 Å². The largest absolute Gasteiger partial charge is 0.464 e. The van der Waals surface area contributed by atoms with Gasteiger partial charge >= 0.3 is 5.97 Å². The van der Waals surface area contributed by atoms with E-state index in [1.54, 1.807) is 13.0 Å². The molecule has 94 valence electrons. The second kappa shape index (κ2) is 5.04. The zero-order valence-corrected chi connectivity index (χ0v) is 11.2. The summed E-state index contributed by atoms with van der Waals surface area (Å²) in [5.74, 6) is -1.09. The number of aryl methyl sites for hydroxylation is 1. The Labute approximate surface area is 112 Å². The lowest BCUT2D eigenvalue weighted by atomic mass is 10.1. The molecule has 0 aliphatic rings. The topological polar surface area (TPSA) is 39.2 Å². The number of hydrogen-bond acceptors (Lipinski definition) is 4. The number of thiazole rings is 1. The Bertz CT molecular complexity index is 592. The summed E-state index contributed by atoms with van der Waals surface area (Å²) in [7, 11) is 1.25. The molecule has 0 N–H and O–H groups in total. The van der Waals surface area contributed by atoms with Gasteiger partial charge in [0.1, 0.15) is 5.82 Å². The molecule has 0 unspecified atom stereocenters. The average molecular weight is 286 g/mol. The van der Waals surface area contributed by atoms with E-state index >= 15 is 0 Å². The quantitative estimate of drug-likeness (QED) is 0.790. The number of halogens is 2. The van der Waals surface area contributed by atoms with Crippen LogP contribution in [-0.2, 0) is 4.74 Å². The van der Waals surface area contributed by atoms with E-state index in [1.807, 2.05) is 0 Å². The Balaban J connectivity index is 2.68. The predicted molar refractivity (Wildman–Crippen MR) is 68.6 cm³/mol. The van der Waals surface area contributed by atoms with Crippen molar-refractivity contribution in [3.63, 3.8) is 0 Å². The fourth-order valence-electron chi connectivity index (χ4n) is 1.55. The van der Waals surface area contributed by atoms with Crippen molar-refractivity contribution in [2.75, 3.05) is 7.11 Å². The standard InChI is InChI=1S/C12H9ClFNO2S/c1-6-15-10(12(16)17-2)11(18-6)9-7(13)4-3-5-8(9)14/h3-5H,1-2H3. The Hall–Kier alpha value is -1.46. The first-order valence-corrected chi connectivity index (χ1v) is 6.24. The van der Waals surface area contributed by atoms with Crippen molar-refractivity contribution in [1.29, 1.82) is 0 Å². The van der Waals surface area contributed by atoms with Crippen LogP contribution in [0.25, 0.3) is 10.4 Å². The third-order valence-corrected chi connectivity index (χ3v) is 3.61. The summed E-state index contributed by atoms with van der Waals surface area (Å²) in [5.41, 5.74) is 0.275. The zero-order chi connectivity index (χ0) is 13.3. The predicted octanol–water partition coefficient (Wildman–Crippen LogP) is 3.70. The van der Waals surface area contributed by atoms with Crippen molar-refractivity contribution >= 4 is 28.9 Å². The first kappa shape index (κ1) is 13.0. The van der Waals surface area contributed by atoms with Crippen molar-refractivity contribution in [1.82, 2.24) is 4.98 Å². The molecule has 0 radical (unpaired) electrons. The normalized spacial score (nSPS) is 10.4. The number of nitrogens with zero attached hydrogens (tertiary/aromatic N) is 1. The summed E-state index contributed by atoms with van der Waals surface area (Å²) in [5, 5.41) is 0.883. The van der Waals surface area contributed by atoms with Gasteiger partial charge in [-0.2, -0.15) is 0 Å². The van der Waals surface area contributed by atoms with Gasteiger partial charge in [-0.1, -0.05) is 17.7 Å². The van der Waals surface area contributed by atoms with Crippen LogP contribution >= 0.6 is 22.9 Å². The molecule has 18 heavy (non-hydrogen) atoms. The van der Waals surface area contributed by atoms with Gasteiger partial charge in [-0.05, 0) is 19.1 Å². The third-order valence-electron chi connectivity index (χ3n) is 2.30. The van der Waals surface area contributed by atoms with Gasteiger partial charge in [0.15, 0.2) is 5.69 Å². The van der Waals surface area contributed by atoms with E-state index in [0.29, 0.717) is 9.88 Å². The molecule has 1 aromatic carbocycles. The summed E-state index contributed by atoms with van der Waals surface area (Å²) in [6, 6.07) is 4.36. The van der Waals surface area contributed by atoms with E-state index in [9.17, 15) is 9.18 Å². The molecule has 0 amide bonds. The van der Waals surface area contributed by atoms with Gasteiger partial charge in [-0.15, -0.1) is 11.3 Å². The van der Waals surface area contributed by atoms with Crippen LogP contribution in [0, 0.1) is 12.7 Å². The molecule has 3 nitrogen and oxygen atoms in total. The van der Waals surface area contributed by atoms with E-state index in [4.69, 9.17) is 11.6 Å². The zero-order valence-electron chi connectivity index (χ0n) is 9.66. The summed E-state index contributed by atoms with van der Waals surface area (Å²) in [6.07, 6.45) is 0. The van der Waals surface area contributed by atoms with Crippen LogP contribution < -0.4 is 0 Å². The molecule has 0 atom stereocenters. The molecule has 0 fully saturated rings. The summed E-state index contributed by atoms with van der Waals surface area (Å²) < 4.78 is 18.5. The number of esters is 1. The molecule has 0 saturated carbocycles. The van der Waals surface area contributed by atoms with Crippen LogP contribution in [0.5, 0.6) is 0 Å². The van der Waals surface area contributed by atoms with Crippen molar-refractivity contribution < 1.29 is 13.9 Å². The molecule has 2 rings (SSSR count). The monoisotopic (exact) mass is 285 g/mol. The molecule has 0 aliphatic heterocycles. The lowest BCUT2D eigenvalue weighted by Crippen LogP contribution is -2.04. The summed E-state index contributed by atoms with van der Waals surface area (Å²) in [4.78, 5) is 16.0. The minimum atomic E-state index is -0.603. The molecular formula is C12H9ClFNO2S. The smallest absolute Gasteiger partial charge is 0.358 e. The maximum atomic E-state index is 13.8. The number of ether oxygens (including phenoxy) is 1. The van der Waals surface area contributed by atoms with Crippen LogP contribution in [0.1, 0.15) is 15.5 Å². The van der Waals surface area contributed by atoms with E-state index < -0.39 is 11.8 Å². The highest BCUT2D eigenvalue weighted by Crippen LogP contribution is 2.37. The molecule has 2 aromatic rings. The molecule has 0 saturated heterocycles. The molecule has 0 spiro atoms. The molecular weight excluding hydrogens is 277 g/mol. The maximum absolute atomic E-state index is 13.8. The van der Waals surface area contributed by atoms with Crippen molar-refractivity contribution in [2.45, 2.75) is 6.92 Å². The second-order valence-corrected chi connectivity index (χ2v) is 5.11. The Morgan fingerprint density at radius 2 is 2.22 bits per heavy atom. The number of rotatable bonds is 2. The number of aromatic nitrogens is 1. The highest BCUT2D eigenvalue weighted by molar-refractivity contribution is 7.15. The second-order valence-electron chi connectivity index (χ2n) is 3.50. The van der Waals surface area contributed by atoms with Gasteiger partial charge in [0.25, 0.3) is 0 Å². The van der Waals surface area contributed by atoms with Gasteiger partial charge in [-0.25, -0.2) is 14.2 Å². The molecule has 0 bridgehead atoms. The van der Waals surface area contributed by atoms with Gasteiger partial charge in [0, 0.05) is 5.56 Å². The first-order valence-electron chi connectivity index (χ1n) is 5.04. The van der Waals surface area contributed by atoms with Gasteiger partial charge in [-0.3, -0.25) is 0 Å². The molecule has 1 aromatic heterocycles. The number of carbonyl (C=O) groups excluding carboxylic acids is 1. The van der Waals surface area contributed by atoms with Gasteiger partial charge in [0.05, 0.1) is 22.0 Å². The van der Waals surface area contributed by atoms with Crippen molar-refractivity contribution in [3.05, 3.63) is 39.7 Å². The van der Waals surface area contributed by atoms with E-state index in [0.717, 1.165) is 0 Å². The van der Waals surface area contributed by atoms with Crippen molar-refractivity contribution in [2.24, 2.45) is 0 Å². The van der Waals surface area contributed by atoms with Gasteiger partial charge in [0.2, 0.25) is 0 Å². The van der Waals surface area contributed by atoms with Crippen LogP contribution in [-0.4, -0.2) is 18.1 Å². The summed E-state index contributed by atoms with van der Waals surface area (Å²) >= 11 is 7.18. The van der Waals surface area contributed by atoms with Crippen LogP contribution in [0.15, 0.2) is 18.2 Å². The SMILES string of the molecule is COC(=O)c1nc(C)sc1-c1c(F)cccc1Cl. The molecule has 6 heteroatoms. The number of benzene rings is 1. The van der Waals surface area contributed by atoms with Crippen LogP contribution in [0.3, 0.4) is 0 Å². The highest BCUT2D eigenvalue weighted by Gasteiger charge is 2.22. The number of hydrogen-bond donors (Lipinski definition) is 0. The summed E-state index contributed by atoms with van der Waals surface area (Å²) in [6.45, 7) is 1.73. The molecule has 0 aliphatic carbocycles. The van der Waals surface area contributed by atoms with Crippen LogP contribution in [0.4, 0.5) is 4.39 Å². The van der Waals surface area contributed by atoms with Crippen molar-refractivity contribution in [3.8, 4) is 10.4 Å². The highest BCUT2D eigenvalue weighted by atomic mass is 35.5. The fourth-order valence-corrected chi connectivity index (χ4v) is 2.83. The Morgan fingerprint density at radius 1 is 1.50 bits per heavy atom. The molecule has 1 heterocycles. The average Bonchev–Trinajstić information content (AvgIpc) is 2.70. The fraction of sp³-hybridized carbons (Fsp3) is 0.167. The van der Waals surface area contributed by atoms with Gasteiger partial charge < -0.3 is 4.74 Å². The Kier molecular flexibility index (Phi) is 3.63. The minimum Gasteiger partial charge on any atom is -0.464 e. The van der Waals surface area contributed by atoms with E-state index in [1.165, 1.54) is 30.6 Å². The third kappa shape index (κ3) is 2.23. The number of methoxy groups -OCH3 is 1. The van der Waals surface area contributed by atoms with E-state index in [2.05, 4.69) is 9.72 Å². The maximum Gasteiger partial charge on any atom is 0.358 e. The lowest BCUT2D eigenvalue weighted by molar-refractivity contribution is 0.0595. The minimum absolute atomic E-state index is 0.0898. The first-order chi connectivity index (χ1) is 8.54. The Morgan fingerprint density at radius 3 is 2.83 bits per heavy atom. The number of carbonyl (C=O) groups is 1. The van der Waals surface area contributed by atoms with E-state index in [-0.39, 0.29) is 16.3 Å². The lowest BCUT2D eigenvalue weighted by Gasteiger charge is -2.04.